The van der Waals surface area contributed by atoms with Crippen molar-refractivity contribution in [3.05, 3.63) is 101 Å². The van der Waals surface area contributed by atoms with E-state index in [1.165, 1.54) is 5.56 Å². The number of nitrogens with zero attached hydrogens (tertiary/aromatic N) is 2. The van der Waals surface area contributed by atoms with E-state index < -0.39 is 0 Å². The molecular weight excluding hydrogens is 388 g/mol. The number of amides is 1. The predicted molar refractivity (Wildman–Crippen MR) is 123 cm³/mol. The quantitative estimate of drug-likeness (QED) is 0.541. The summed E-state index contributed by atoms with van der Waals surface area (Å²) in [6.45, 7) is 2.11. The highest BCUT2D eigenvalue weighted by atomic mass is 16.5. The smallest absolute Gasteiger partial charge is 0.254 e. The second-order valence-electron chi connectivity index (χ2n) is 7.62. The molecule has 3 aromatic carbocycles. The summed E-state index contributed by atoms with van der Waals surface area (Å²) in [5, 5.41) is 9.52. The molecule has 5 heteroatoms. The molecule has 0 heterocycles. The van der Waals surface area contributed by atoms with Crippen LogP contribution in [-0.4, -0.2) is 48.1 Å². The molecule has 1 N–H and O–H groups in total. The second kappa shape index (κ2) is 11.3. The van der Waals surface area contributed by atoms with Crippen molar-refractivity contribution in [2.75, 3.05) is 27.3 Å². The van der Waals surface area contributed by atoms with Crippen LogP contribution in [0.1, 0.15) is 27.0 Å². The molecule has 0 bridgehead atoms. The average molecular weight is 419 g/mol. The van der Waals surface area contributed by atoms with Crippen LogP contribution in [-0.2, 0) is 19.6 Å². The zero-order valence-electron chi connectivity index (χ0n) is 18.2. The maximum atomic E-state index is 13.2. The number of hydrogen-bond donors (Lipinski definition) is 1. The number of hydrogen-bond acceptors (Lipinski definition) is 4. The van der Waals surface area contributed by atoms with Crippen molar-refractivity contribution in [3.8, 4) is 5.75 Å². The van der Waals surface area contributed by atoms with Gasteiger partial charge >= 0.3 is 0 Å². The molecule has 0 unspecified atom stereocenters. The molecule has 162 valence electrons. The predicted octanol–water partition coefficient (Wildman–Crippen LogP) is 3.96. The largest absolute Gasteiger partial charge is 0.496 e. The van der Waals surface area contributed by atoms with Crippen LogP contribution in [0.25, 0.3) is 0 Å². The molecule has 0 aliphatic rings. The molecule has 0 spiro atoms. The van der Waals surface area contributed by atoms with Crippen LogP contribution in [0.15, 0.2) is 78.9 Å². The van der Waals surface area contributed by atoms with Crippen LogP contribution in [0.2, 0.25) is 0 Å². The van der Waals surface area contributed by atoms with Gasteiger partial charge in [0.05, 0.1) is 13.7 Å². The van der Waals surface area contributed by atoms with Crippen molar-refractivity contribution < 1.29 is 14.6 Å². The summed E-state index contributed by atoms with van der Waals surface area (Å²) in [7, 11) is 3.69. The van der Waals surface area contributed by atoms with Gasteiger partial charge in [0.2, 0.25) is 0 Å². The lowest BCUT2D eigenvalue weighted by Gasteiger charge is -2.23. The lowest BCUT2D eigenvalue weighted by Crippen LogP contribution is -2.33. The maximum absolute atomic E-state index is 13.2. The standard InChI is InChI=1S/C26H30N2O3/c1-27(18-21-9-4-3-5-10-21)19-22-11-8-13-23(17-22)26(30)28(15-16-29)20-24-12-6-7-14-25(24)31-2/h3-14,17,29H,15-16,18-20H2,1-2H3. The Morgan fingerprint density at radius 2 is 1.55 bits per heavy atom. The van der Waals surface area contributed by atoms with E-state index >= 15 is 0 Å². The third kappa shape index (κ3) is 6.41. The van der Waals surface area contributed by atoms with Gasteiger partial charge in [0.15, 0.2) is 0 Å². The summed E-state index contributed by atoms with van der Waals surface area (Å²) in [4.78, 5) is 17.1. The van der Waals surface area contributed by atoms with E-state index in [2.05, 4.69) is 24.1 Å². The van der Waals surface area contributed by atoms with Crippen molar-refractivity contribution in [3.63, 3.8) is 0 Å². The highest BCUT2D eigenvalue weighted by Crippen LogP contribution is 2.21. The van der Waals surface area contributed by atoms with Gasteiger partial charge in [-0.15, -0.1) is 0 Å². The van der Waals surface area contributed by atoms with Crippen molar-refractivity contribution in [1.82, 2.24) is 9.80 Å². The summed E-state index contributed by atoms with van der Waals surface area (Å²) in [6, 6.07) is 25.7. The van der Waals surface area contributed by atoms with E-state index in [1.807, 2.05) is 66.7 Å². The number of methoxy groups -OCH3 is 1. The van der Waals surface area contributed by atoms with Crippen LogP contribution in [0, 0.1) is 0 Å². The Hall–Kier alpha value is -3.15. The fourth-order valence-electron chi connectivity index (χ4n) is 3.66. The minimum absolute atomic E-state index is 0.0968. The fourth-order valence-corrected chi connectivity index (χ4v) is 3.66. The minimum atomic E-state index is -0.104. The molecule has 0 atom stereocenters. The van der Waals surface area contributed by atoms with E-state index in [9.17, 15) is 9.90 Å². The number of carbonyl (C=O) groups is 1. The molecule has 0 fully saturated rings. The zero-order chi connectivity index (χ0) is 22.1. The Balaban J connectivity index is 1.72. The first kappa shape index (κ1) is 22.5. The van der Waals surface area contributed by atoms with Crippen molar-refractivity contribution in [1.29, 1.82) is 0 Å². The third-order valence-electron chi connectivity index (χ3n) is 5.13. The molecule has 0 saturated carbocycles. The molecule has 0 aromatic heterocycles. The topological polar surface area (TPSA) is 53.0 Å². The number of para-hydroxylation sites is 1. The van der Waals surface area contributed by atoms with Crippen LogP contribution >= 0.6 is 0 Å². The van der Waals surface area contributed by atoms with Gasteiger partial charge in [-0.2, -0.15) is 0 Å². The Morgan fingerprint density at radius 1 is 0.871 bits per heavy atom. The van der Waals surface area contributed by atoms with Crippen molar-refractivity contribution >= 4 is 5.91 Å². The highest BCUT2D eigenvalue weighted by Gasteiger charge is 2.18. The molecule has 0 saturated heterocycles. The average Bonchev–Trinajstić information content (AvgIpc) is 2.79. The summed E-state index contributed by atoms with van der Waals surface area (Å²) in [5.74, 6) is 0.627. The van der Waals surface area contributed by atoms with Gasteiger partial charge in [-0.1, -0.05) is 60.7 Å². The lowest BCUT2D eigenvalue weighted by atomic mass is 10.1. The Labute approximate surface area is 184 Å². The summed E-state index contributed by atoms with van der Waals surface area (Å²) in [6.07, 6.45) is 0. The molecule has 31 heavy (non-hydrogen) atoms. The number of ether oxygens (including phenoxy) is 1. The highest BCUT2D eigenvalue weighted by molar-refractivity contribution is 5.94. The summed E-state index contributed by atoms with van der Waals surface area (Å²) < 4.78 is 5.42. The molecule has 5 nitrogen and oxygen atoms in total. The SMILES string of the molecule is COc1ccccc1CN(CCO)C(=O)c1cccc(CN(C)Cc2ccccc2)c1. The van der Waals surface area contributed by atoms with E-state index in [4.69, 9.17) is 4.74 Å². The molecular formula is C26H30N2O3. The minimum Gasteiger partial charge on any atom is -0.496 e. The molecule has 3 aromatic rings. The third-order valence-corrected chi connectivity index (χ3v) is 5.13. The van der Waals surface area contributed by atoms with Crippen LogP contribution < -0.4 is 4.74 Å². The van der Waals surface area contributed by atoms with Gasteiger partial charge in [-0.05, 0) is 36.4 Å². The first-order valence-corrected chi connectivity index (χ1v) is 10.4. The van der Waals surface area contributed by atoms with Gasteiger partial charge in [-0.25, -0.2) is 0 Å². The number of carbonyl (C=O) groups excluding carboxylic acids is 1. The molecule has 0 radical (unpaired) electrons. The van der Waals surface area contributed by atoms with Crippen LogP contribution in [0.3, 0.4) is 0 Å². The lowest BCUT2D eigenvalue weighted by molar-refractivity contribution is 0.0706. The second-order valence-corrected chi connectivity index (χ2v) is 7.62. The van der Waals surface area contributed by atoms with Gasteiger partial charge in [0.25, 0.3) is 5.91 Å². The van der Waals surface area contributed by atoms with Gasteiger partial charge < -0.3 is 14.7 Å². The van der Waals surface area contributed by atoms with E-state index in [-0.39, 0.29) is 19.1 Å². The van der Waals surface area contributed by atoms with Crippen LogP contribution in [0.4, 0.5) is 0 Å². The number of aliphatic hydroxyl groups is 1. The molecule has 1 amide bonds. The molecule has 3 rings (SSSR count). The molecule has 0 aliphatic carbocycles. The monoisotopic (exact) mass is 418 g/mol. The first-order chi connectivity index (χ1) is 15.1. The number of aliphatic hydroxyl groups excluding tert-OH is 1. The first-order valence-electron chi connectivity index (χ1n) is 10.4. The Morgan fingerprint density at radius 3 is 2.29 bits per heavy atom. The maximum Gasteiger partial charge on any atom is 0.254 e. The summed E-state index contributed by atoms with van der Waals surface area (Å²) >= 11 is 0. The molecule has 0 aliphatic heterocycles. The number of rotatable bonds is 10. The number of benzene rings is 3. The van der Waals surface area contributed by atoms with E-state index in [1.54, 1.807) is 12.0 Å². The summed E-state index contributed by atoms with van der Waals surface area (Å²) in [5.41, 5.74) is 3.85. The Bertz CT molecular complexity index is 975. The Kier molecular flexibility index (Phi) is 8.21. The van der Waals surface area contributed by atoms with Gasteiger partial charge in [0, 0.05) is 37.3 Å². The van der Waals surface area contributed by atoms with Gasteiger partial charge in [0.1, 0.15) is 5.75 Å². The van der Waals surface area contributed by atoms with Gasteiger partial charge in [-0.3, -0.25) is 9.69 Å². The normalized spacial score (nSPS) is 10.8. The van der Waals surface area contributed by atoms with Crippen molar-refractivity contribution in [2.24, 2.45) is 0 Å². The van der Waals surface area contributed by atoms with Crippen molar-refractivity contribution in [2.45, 2.75) is 19.6 Å². The van der Waals surface area contributed by atoms with E-state index in [0.717, 1.165) is 30.0 Å². The van der Waals surface area contributed by atoms with E-state index in [0.29, 0.717) is 12.1 Å². The van der Waals surface area contributed by atoms with Crippen LogP contribution in [0.5, 0.6) is 5.75 Å². The zero-order valence-corrected chi connectivity index (χ0v) is 18.2. The fraction of sp³-hybridized carbons (Fsp3) is 0.269.